The van der Waals surface area contributed by atoms with Gasteiger partial charge in [0.2, 0.25) is 0 Å². The van der Waals surface area contributed by atoms with E-state index in [4.69, 9.17) is 0 Å². The first kappa shape index (κ1) is 10.7. The molecule has 0 spiro atoms. The van der Waals surface area contributed by atoms with Gasteiger partial charge in [-0.15, -0.1) is 0 Å². The van der Waals surface area contributed by atoms with E-state index < -0.39 is 0 Å². The minimum absolute atomic E-state index is 0. The summed E-state index contributed by atoms with van der Waals surface area (Å²) in [5.74, 6) is 0. The molecular weight excluding hydrogens is 135 g/mol. The van der Waals surface area contributed by atoms with E-state index in [1.165, 1.54) is 0 Å². The Kier molecular flexibility index (Phi) is 9.12. The third-order valence-electron chi connectivity index (χ3n) is 0.607. The normalized spacial score (nSPS) is 6.00. The Hall–Kier alpha value is -0.196. The number of hydrogen-bond acceptors (Lipinski definition) is 0. The molecule has 0 aliphatic rings. The molecule has 0 bridgehead atoms. The van der Waals surface area contributed by atoms with Crippen molar-refractivity contribution in [2.45, 2.75) is 0 Å². The van der Waals surface area contributed by atoms with Crippen LogP contribution in [0.25, 0.3) is 0 Å². The average molecular weight is 143 g/mol. The van der Waals surface area contributed by atoms with Crippen LogP contribution in [-0.4, -0.2) is 0 Å². The van der Waals surface area contributed by atoms with Crippen molar-refractivity contribution in [3.8, 4) is 0 Å². The van der Waals surface area contributed by atoms with Gasteiger partial charge in [0.05, 0.1) is 0 Å². The van der Waals surface area contributed by atoms with E-state index in [0.717, 1.165) is 0 Å². The molecule has 41 valence electrons. The van der Waals surface area contributed by atoms with E-state index in [2.05, 4.69) is 6.07 Å². The summed E-state index contributed by atoms with van der Waals surface area (Å²) in [5.41, 5.74) is 0. The van der Waals surface area contributed by atoms with Gasteiger partial charge >= 0.3 is 18.6 Å². The number of rotatable bonds is 0. The van der Waals surface area contributed by atoms with Crippen LogP contribution in [-0.2, 0) is 18.6 Å². The monoisotopic (exact) mass is 143 g/mol. The molecule has 0 saturated heterocycles. The summed E-state index contributed by atoms with van der Waals surface area (Å²) in [5, 5.41) is 0. The van der Waals surface area contributed by atoms with Crippen LogP contribution >= 0.6 is 0 Å². The summed E-state index contributed by atoms with van der Waals surface area (Å²) >= 11 is 0. The molecule has 8 heavy (non-hydrogen) atoms. The summed E-state index contributed by atoms with van der Waals surface area (Å²) in [6.07, 6.45) is 0. The summed E-state index contributed by atoms with van der Waals surface area (Å²) in [6.45, 7) is 0. The molecule has 0 atom stereocenters. The zero-order valence-electron chi connectivity index (χ0n) is 4.83. The largest absolute Gasteiger partial charge is 2.00 e. The fourth-order valence-electron chi connectivity index (χ4n) is 0.342. The Balaban J connectivity index is 0. The van der Waals surface area contributed by atoms with E-state index in [-0.39, 0.29) is 26.0 Å². The molecule has 0 aromatic heterocycles. The van der Waals surface area contributed by atoms with Crippen molar-refractivity contribution in [2.24, 2.45) is 0 Å². The summed E-state index contributed by atoms with van der Waals surface area (Å²) in [4.78, 5) is 0. The van der Waals surface area contributed by atoms with Gasteiger partial charge in [0.1, 0.15) is 0 Å². The fraction of sp³-hybridized carbons (Fsp3) is 0. The van der Waals surface area contributed by atoms with Gasteiger partial charge in [-0.05, 0) is 0 Å². The molecular formula is C7H8V. The van der Waals surface area contributed by atoms with Gasteiger partial charge < -0.3 is 7.43 Å². The van der Waals surface area contributed by atoms with Gasteiger partial charge in [-0.3, -0.25) is 0 Å². The van der Waals surface area contributed by atoms with Crippen LogP contribution in [0.5, 0.6) is 0 Å². The zero-order chi connectivity index (χ0) is 4.24. The maximum absolute atomic E-state index is 2.89. The predicted octanol–water partition coefficient (Wildman–Crippen LogP) is 1.93. The summed E-state index contributed by atoms with van der Waals surface area (Å²) in [6, 6.07) is 12.5. The van der Waals surface area contributed by atoms with E-state index in [9.17, 15) is 0 Å². The molecule has 0 N–H and O–H groups in total. The van der Waals surface area contributed by atoms with Crippen LogP contribution in [0.1, 0.15) is 0 Å². The first-order chi connectivity index (χ1) is 3.00. The first-order valence-corrected chi connectivity index (χ1v) is 1.91. The van der Waals surface area contributed by atoms with Crippen LogP contribution in [0, 0.1) is 13.5 Å². The van der Waals surface area contributed by atoms with Crippen LogP contribution in [0.3, 0.4) is 0 Å². The van der Waals surface area contributed by atoms with Crippen LogP contribution < -0.4 is 0 Å². The van der Waals surface area contributed by atoms with Crippen LogP contribution in [0.4, 0.5) is 0 Å². The standard InChI is InChI=1S/C6H5.CH3.V/c1-2-4-6-5-3-1;;/h1-5H;1H3;/q2*-1;+2. The van der Waals surface area contributed by atoms with Crippen molar-refractivity contribution in [3.05, 3.63) is 43.8 Å². The molecule has 0 fully saturated rings. The molecule has 0 saturated carbocycles. The number of hydrogen-bond donors (Lipinski definition) is 0. The van der Waals surface area contributed by atoms with Gasteiger partial charge in [0.15, 0.2) is 0 Å². The van der Waals surface area contributed by atoms with Crippen molar-refractivity contribution in [2.75, 3.05) is 0 Å². The Morgan fingerprint density at radius 1 is 0.875 bits per heavy atom. The smallest absolute Gasteiger partial charge is 0.358 e. The molecule has 0 amide bonds. The molecule has 0 nitrogen and oxygen atoms in total. The summed E-state index contributed by atoms with van der Waals surface area (Å²) < 4.78 is 0. The molecule has 0 aliphatic carbocycles. The quantitative estimate of drug-likeness (QED) is 0.487. The second kappa shape index (κ2) is 6.80. The minimum atomic E-state index is 0. The van der Waals surface area contributed by atoms with Gasteiger partial charge in [-0.1, -0.05) is 0 Å². The summed E-state index contributed by atoms with van der Waals surface area (Å²) in [7, 11) is 0. The van der Waals surface area contributed by atoms with Crippen LogP contribution in [0.2, 0.25) is 0 Å². The van der Waals surface area contributed by atoms with Crippen molar-refractivity contribution in [1.29, 1.82) is 0 Å². The Morgan fingerprint density at radius 3 is 1.50 bits per heavy atom. The average Bonchev–Trinajstić information content (AvgIpc) is 1.72. The van der Waals surface area contributed by atoms with E-state index in [1.54, 1.807) is 0 Å². The maximum Gasteiger partial charge on any atom is 2.00 e. The van der Waals surface area contributed by atoms with E-state index >= 15 is 0 Å². The van der Waals surface area contributed by atoms with Crippen molar-refractivity contribution in [1.82, 2.24) is 0 Å². The molecule has 1 aromatic carbocycles. The van der Waals surface area contributed by atoms with Gasteiger partial charge in [-0.25, -0.2) is 0 Å². The third-order valence-corrected chi connectivity index (χ3v) is 0.607. The molecule has 0 aliphatic heterocycles. The second-order valence-electron chi connectivity index (χ2n) is 1.08. The number of benzene rings is 1. The zero-order valence-corrected chi connectivity index (χ0v) is 6.23. The molecule has 0 heterocycles. The molecule has 1 radical (unpaired) electrons. The molecule has 0 unspecified atom stereocenters. The minimum Gasteiger partial charge on any atom is -0.358 e. The SMILES string of the molecule is [CH3-].[V+2].[c-]1ccccc1. The van der Waals surface area contributed by atoms with E-state index in [0.29, 0.717) is 0 Å². The van der Waals surface area contributed by atoms with Crippen molar-refractivity contribution >= 4 is 0 Å². The Bertz CT molecular complexity index is 76.3. The van der Waals surface area contributed by atoms with E-state index in [1.807, 2.05) is 30.3 Å². The molecule has 1 heteroatoms. The second-order valence-corrected chi connectivity index (χ2v) is 1.08. The third kappa shape index (κ3) is 3.98. The predicted molar refractivity (Wildman–Crippen MR) is 31.7 cm³/mol. The van der Waals surface area contributed by atoms with Gasteiger partial charge in [0, 0.05) is 0 Å². The van der Waals surface area contributed by atoms with Crippen LogP contribution in [0.15, 0.2) is 30.3 Å². The van der Waals surface area contributed by atoms with Gasteiger partial charge in [-0.2, -0.15) is 36.4 Å². The van der Waals surface area contributed by atoms with Crippen molar-refractivity contribution in [3.63, 3.8) is 0 Å². The maximum atomic E-state index is 2.89. The first-order valence-electron chi connectivity index (χ1n) is 1.91. The van der Waals surface area contributed by atoms with Gasteiger partial charge in [0.25, 0.3) is 0 Å². The van der Waals surface area contributed by atoms with Crippen molar-refractivity contribution < 1.29 is 18.6 Å². The fourth-order valence-corrected chi connectivity index (χ4v) is 0.342. The Morgan fingerprint density at radius 2 is 1.38 bits per heavy atom. The topological polar surface area (TPSA) is 0 Å². The molecule has 1 rings (SSSR count). The Labute approximate surface area is 62.8 Å². The molecule has 1 aromatic rings.